The zero-order chi connectivity index (χ0) is 16.8. The molecular weight excluding hydrogens is 358 g/mol. The van der Waals surface area contributed by atoms with Crippen LogP contribution >= 0.6 is 15.9 Å². The SMILES string of the molecule is CCc1cc(C)cc(Br)c1C1C(=O)NC(C)(C2CCOC2)C1=O. The standard InChI is InChI=1S/C18H22BrNO3/c1-4-11-7-10(2)8-13(19)14(11)15-16(21)18(3,20-17(15)22)12-5-6-23-9-12/h7-8,12,15H,4-6,9H2,1-3H3,(H,20,22). The summed E-state index contributed by atoms with van der Waals surface area (Å²) >= 11 is 3.57. The third kappa shape index (κ3) is 2.64. The van der Waals surface area contributed by atoms with Gasteiger partial charge in [0.05, 0.1) is 6.61 Å². The Morgan fingerprint density at radius 3 is 2.74 bits per heavy atom. The lowest BCUT2D eigenvalue weighted by atomic mass is 9.78. The highest BCUT2D eigenvalue weighted by Crippen LogP contribution is 2.41. The molecule has 0 aromatic heterocycles. The molecule has 2 aliphatic rings. The Bertz CT molecular complexity index is 666. The van der Waals surface area contributed by atoms with Crippen molar-refractivity contribution in [2.75, 3.05) is 13.2 Å². The molecule has 1 amide bonds. The Labute approximate surface area is 145 Å². The van der Waals surface area contributed by atoms with E-state index in [9.17, 15) is 9.59 Å². The highest BCUT2D eigenvalue weighted by atomic mass is 79.9. The van der Waals surface area contributed by atoms with Gasteiger partial charge in [0.2, 0.25) is 5.91 Å². The number of benzene rings is 1. The molecule has 3 atom stereocenters. The first-order chi connectivity index (χ1) is 10.9. The van der Waals surface area contributed by atoms with E-state index in [1.165, 1.54) is 0 Å². The lowest BCUT2D eigenvalue weighted by Gasteiger charge is -2.28. The molecule has 2 fully saturated rings. The number of aryl methyl sites for hydroxylation is 2. The maximum atomic E-state index is 13.2. The molecule has 1 aromatic carbocycles. The number of carbonyl (C=O) groups is 2. The van der Waals surface area contributed by atoms with Gasteiger partial charge in [-0.1, -0.05) is 28.9 Å². The summed E-state index contributed by atoms with van der Waals surface area (Å²) in [7, 11) is 0. The molecule has 0 bridgehead atoms. The van der Waals surface area contributed by atoms with E-state index in [2.05, 4.69) is 27.3 Å². The predicted molar refractivity (Wildman–Crippen MR) is 91.5 cm³/mol. The summed E-state index contributed by atoms with van der Waals surface area (Å²) in [4.78, 5) is 25.8. The van der Waals surface area contributed by atoms with Gasteiger partial charge in [0.25, 0.3) is 0 Å². The van der Waals surface area contributed by atoms with Crippen molar-refractivity contribution in [3.05, 3.63) is 33.3 Å². The van der Waals surface area contributed by atoms with Crippen LogP contribution in [-0.4, -0.2) is 30.4 Å². The summed E-state index contributed by atoms with van der Waals surface area (Å²) < 4.78 is 6.27. The number of rotatable bonds is 3. The van der Waals surface area contributed by atoms with E-state index < -0.39 is 11.5 Å². The number of carbonyl (C=O) groups excluding carboxylic acids is 2. The molecule has 2 heterocycles. The molecule has 0 radical (unpaired) electrons. The lowest BCUT2D eigenvalue weighted by Crippen LogP contribution is -2.50. The number of Topliss-reactive ketones (excluding diaryl/α,β-unsaturated/α-hetero) is 1. The topological polar surface area (TPSA) is 55.4 Å². The van der Waals surface area contributed by atoms with Gasteiger partial charge in [0, 0.05) is 17.0 Å². The highest BCUT2D eigenvalue weighted by Gasteiger charge is 2.55. The molecule has 23 heavy (non-hydrogen) atoms. The first-order valence-electron chi connectivity index (χ1n) is 8.11. The van der Waals surface area contributed by atoms with Gasteiger partial charge < -0.3 is 10.1 Å². The van der Waals surface area contributed by atoms with Crippen molar-refractivity contribution in [1.29, 1.82) is 0 Å². The lowest BCUT2D eigenvalue weighted by molar-refractivity contribution is -0.126. The second-order valence-corrected chi connectivity index (χ2v) is 7.58. The maximum absolute atomic E-state index is 13.2. The first kappa shape index (κ1) is 16.7. The van der Waals surface area contributed by atoms with E-state index in [0.717, 1.165) is 34.0 Å². The van der Waals surface area contributed by atoms with Crippen LogP contribution in [0.1, 0.15) is 42.9 Å². The third-order valence-corrected chi connectivity index (χ3v) is 5.85. The number of hydrogen-bond donors (Lipinski definition) is 1. The quantitative estimate of drug-likeness (QED) is 0.821. The van der Waals surface area contributed by atoms with Gasteiger partial charge >= 0.3 is 0 Å². The van der Waals surface area contributed by atoms with Gasteiger partial charge in [-0.15, -0.1) is 0 Å². The Morgan fingerprint density at radius 1 is 1.39 bits per heavy atom. The van der Waals surface area contributed by atoms with Crippen LogP contribution in [0.4, 0.5) is 0 Å². The molecule has 3 unspecified atom stereocenters. The molecule has 0 saturated carbocycles. The monoisotopic (exact) mass is 379 g/mol. The Balaban J connectivity index is 2.04. The van der Waals surface area contributed by atoms with Crippen LogP contribution in [0.3, 0.4) is 0 Å². The molecule has 0 spiro atoms. The molecule has 3 rings (SSSR count). The smallest absolute Gasteiger partial charge is 0.236 e. The van der Waals surface area contributed by atoms with E-state index in [-0.39, 0.29) is 17.6 Å². The zero-order valence-electron chi connectivity index (χ0n) is 13.7. The van der Waals surface area contributed by atoms with Crippen LogP contribution in [0.25, 0.3) is 0 Å². The van der Waals surface area contributed by atoms with Crippen LogP contribution in [0, 0.1) is 12.8 Å². The van der Waals surface area contributed by atoms with Crippen LogP contribution in [0.2, 0.25) is 0 Å². The fourth-order valence-electron chi connectivity index (χ4n) is 3.80. The summed E-state index contributed by atoms with van der Waals surface area (Å²) in [6.07, 6.45) is 1.60. The molecule has 2 saturated heterocycles. The Morgan fingerprint density at radius 2 is 2.13 bits per heavy atom. The van der Waals surface area contributed by atoms with Crippen LogP contribution in [-0.2, 0) is 20.7 Å². The first-order valence-corrected chi connectivity index (χ1v) is 8.90. The van der Waals surface area contributed by atoms with E-state index >= 15 is 0 Å². The number of nitrogens with one attached hydrogen (secondary N) is 1. The average Bonchev–Trinajstić information content (AvgIpc) is 3.09. The minimum Gasteiger partial charge on any atom is -0.381 e. The zero-order valence-corrected chi connectivity index (χ0v) is 15.3. The van der Waals surface area contributed by atoms with Crippen LogP contribution < -0.4 is 5.32 Å². The van der Waals surface area contributed by atoms with Crippen molar-refractivity contribution >= 4 is 27.6 Å². The summed E-state index contributed by atoms with van der Waals surface area (Å²) in [5.74, 6) is -0.898. The van der Waals surface area contributed by atoms with Crippen LogP contribution in [0.15, 0.2) is 16.6 Å². The molecule has 5 heteroatoms. The fraction of sp³-hybridized carbons (Fsp3) is 0.556. The van der Waals surface area contributed by atoms with E-state index in [1.807, 2.05) is 26.8 Å². The predicted octanol–water partition coefficient (Wildman–Crippen LogP) is 2.90. The molecular formula is C18H22BrNO3. The molecule has 2 aliphatic heterocycles. The summed E-state index contributed by atoms with van der Waals surface area (Å²) in [6.45, 7) is 7.10. The van der Waals surface area contributed by atoms with Crippen molar-refractivity contribution in [2.45, 2.75) is 45.1 Å². The summed E-state index contributed by atoms with van der Waals surface area (Å²) in [5, 5.41) is 2.97. The highest BCUT2D eigenvalue weighted by molar-refractivity contribution is 9.10. The van der Waals surface area contributed by atoms with E-state index in [0.29, 0.717) is 13.2 Å². The third-order valence-electron chi connectivity index (χ3n) is 5.19. The molecule has 1 N–H and O–H groups in total. The number of ether oxygens (including phenoxy) is 1. The van der Waals surface area contributed by atoms with Crippen LogP contribution in [0.5, 0.6) is 0 Å². The second kappa shape index (κ2) is 6.02. The Kier molecular flexibility index (Phi) is 4.36. The minimum atomic E-state index is -0.826. The molecule has 0 aliphatic carbocycles. The maximum Gasteiger partial charge on any atom is 0.236 e. The fourth-order valence-corrected chi connectivity index (χ4v) is 4.65. The summed E-state index contributed by atoms with van der Waals surface area (Å²) in [5.41, 5.74) is 2.17. The van der Waals surface area contributed by atoms with Crippen molar-refractivity contribution in [3.63, 3.8) is 0 Å². The van der Waals surface area contributed by atoms with E-state index in [1.54, 1.807) is 0 Å². The normalized spacial score (nSPS) is 30.8. The molecule has 4 nitrogen and oxygen atoms in total. The largest absolute Gasteiger partial charge is 0.381 e. The van der Waals surface area contributed by atoms with Gasteiger partial charge in [-0.3, -0.25) is 9.59 Å². The van der Waals surface area contributed by atoms with Gasteiger partial charge in [0.1, 0.15) is 11.5 Å². The minimum absolute atomic E-state index is 0.0303. The van der Waals surface area contributed by atoms with Crippen molar-refractivity contribution in [3.8, 4) is 0 Å². The second-order valence-electron chi connectivity index (χ2n) is 6.72. The number of halogens is 1. The van der Waals surface area contributed by atoms with Gasteiger partial charge in [-0.05, 0) is 49.4 Å². The van der Waals surface area contributed by atoms with E-state index in [4.69, 9.17) is 4.74 Å². The number of amides is 1. The van der Waals surface area contributed by atoms with Crippen molar-refractivity contribution < 1.29 is 14.3 Å². The number of ketones is 1. The molecule has 124 valence electrons. The average molecular weight is 380 g/mol. The van der Waals surface area contributed by atoms with Crippen molar-refractivity contribution in [1.82, 2.24) is 5.32 Å². The van der Waals surface area contributed by atoms with Gasteiger partial charge in [-0.2, -0.15) is 0 Å². The van der Waals surface area contributed by atoms with Crippen molar-refractivity contribution in [2.24, 2.45) is 5.92 Å². The summed E-state index contributed by atoms with van der Waals surface area (Å²) in [6, 6.07) is 4.04. The van der Waals surface area contributed by atoms with Gasteiger partial charge in [-0.25, -0.2) is 0 Å². The number of hydrogen-bond acceptors (Lipinski definition) is 3. The Hall–Kier alpha value is -1.20. The van der Waals surface area contributed by atoms with Gasteiger partial charge in [0.15, 0.2) is 5.78 Å². The molecule has 1 aromatic rings.